The van der Waals surface area contributed by atoms with Gasteiger partial charge in [0, 0.05) is 29.2 Å². The Balaban J connectivity index is 1.28. The second kappa shape index (κ2) is 6.53. The lowest BCUT2D eigenvalue weighted by molar-refractivity contribution is -0.137. The molecule has 3 fully saturated rings. The topological polar surface area (TPSA) is 88.9 Å². The Bertz CT molecular complexity index is 1190. The van der Waals surface area contributed by atoms with Crippen LogP contribution in [0.2, 0.25) is 0 Å². The molecule has 0 radical (unpaired) electrons. The largest absolute Gasteiger partial charge is 0.423 e. The van der Waals surface area contributed by atoms with Gasteiger partial charge in [-0.2, -0.15) is 0 Å². The normalized spacial score (nSPS) is 31.7. The number of carbonyl (C=O) groups is 2. The van der Waals surface area contributed by atoms with E-state index in [2.05, 4.69) is 5.32 Å². The zero-order valence-electron chi connectivity index (χ0n) is 17.3. The third-order valence-corrected chi connectivity index (χ3v) is 7.42. The van der Waals surface area contributed by atoms with Crippen molar-refractivity contribution in [1.82, 2.24) is 4.90 Å². The van der Waals surface area contributed by atoms with E-state index in [1.807, 2.05) is 30.0 Å². The summed E-state index contributed by atoms with van der Waals surface area (Å²) < 4.78 is 11.5. The predicted molar refractivity (Wildman–Crippen MR) is 114 cm³/mol. The first-order chi connectivity index (χ1) is 14.9. The van der Waals surface area contributed by atoms with Crippen LogP contribution in [0.1, 0.15) is 31.2 Å². The molecular formula is C24H24N2O5. The average molecular weight is 420 g/mol. The zero-order chi connectivity index (χ0) is 21.3. The number of aryl methyl sites for hydroxylation is 1. The van der Waals surface area contributed by atoms with Gasteiger partial charge in [0.25, 0.3) is 0 Å². The van der Waals surface area contributed by atoms with Crippen LogP contribution < -0.4 is 10.9 Å². The van der Waals surface area contributed by atoms with Gasteiger partial charge >= 0.3 is 5.63 Å². The van der Waals surface area contributed by atoms with Crippen LogP contribution in [0.4, 0.5) is 5.69 Å². The molecule has 2 aromatic rings. The van der Waals surface area contributed by atoms with Crippen LogP contribution in [0.5, 0.6) is 0 Å². The highest BCUT2D eigenvalue weighted by Gasteiger charge is 2.67. The summed E-state index contributed by atoms with van der Waals surface area (Å²) in [5, 5.41) is 3.75. The number of hydrogen-bond acceptors (Lipinski definition) is 5. The van der Waals surface area contributed by atoms with Crippen LogP contribution in [-0.4, -0.2) is 41.0 Å². The lowest BCUT2D eigenvalue weighted by Crippen LogP contribution is -2.42. The number of carbonyl (C=O) groups excluding carboxylic acids is 2. The lowest BCUT2D eigenvalue weighted by Gasteiger charge is -2.27. The first-order valence-corrected chi connectivity index (χ1v) is 11.0. The van der Waals surface area contributed by atoms with Crippen molar-refractivity contribution in [3.8, 4) is 0 Å². The fraction of sp³-hybridized carbons (Fsp3) is 0.458. The number of rotatable bonds is 3. The van der Waals surface area contributed by atoms with E-state index in [4.69, 9.17) is 9.15 Å². The molecule has 6 rings (SSSR count). The minimum atomic E-state index is -0.681. The first kappa shape index (κ1) is 18.8. The molecule has 1 N–H and O–H groups in total. The predicted octanol–water partition coefficient (Wildman–Crippen LogP) is 2.76. The zero-order valence-corrected chi connectivity index (χ0v) is 17.3. The molecule has 1 aromatic heterocycles. The van der Waals surface area contributed by atoms with Crippen molar-refractivity contribution >= 4 is 28.5 Å². The first-order valence-electron chi connectivity index (χ1n) is 11.0. The van der Waals surface area contributed by atoms with Gasteiger partial charge in [-0.05, 0) is 37.5 Å². The van der Waals surface area contributed by atoms with Gasteiger partial charge in [-0.3, -0.25) is 9.59 Å². The maximum atomic E-state index is 13.4. The molecule has 1 saturated carbocycles. The molecule has 160 valence electrons. The minimum Gasteiger partial charge on any atom is -0.423 e. The summed E-state index contributed by atoms with van der Waals surface area (Å²) in [7, 11) is 0. The molecule has 1 aliphatic carbocycles. The lowest BCUT2D eigenvalue weighted by atomic mass is 9.76. The molecule has 7 heteroatoms. The molecule has 0 unspecified atom stereocenters. The van der Waals surface area contributed by atoms with Gasteiger partial charge in [-0.1, -0.05) is 25.0 Å². The maximum absolute atomic E-state index is 13.4. The summed E-state index contributed by atoms with van der Waals surface area (Å²) in [5.74, 6) is -1.25. The van der Waals surface area contributed by atoms with Crippen molar-refractivity contribution in [3.63, 3.8) is 0 Å². The van der Waals surface area contributed by atoms with Gasteiger partial charge in [0.15, 0.2) is 0 Å². The molecule has 1 spiro atoms. The molecule has 2 bridgehead atoms. The van der Waals surface area contributed by atoms with Gasteiger partial charge in [0.2, 0.25) is 11.8 Å². The second-order valence-corrected chi connectivity index (χ2v) is 9.25. The van der Waals surface area contributed by atoms with Crippen molar-refractivity contribution in [2.75, 3.05) is 11.9 Å². The van der Waals surface area contributed by atoms with Gasteiger partial charge in [0.1, 0.15) is 11.2 Å². The number of hydrogen-bond donors (Lipinski definition) is 1. The van der Waals surface area contributed by atoms with E-state index in [0.717, 1.165) is 36.6 Å². The molecule has 2 amide bonds. The Morgan fingerprint density at radius 3 is 2.81 bits per heavy atom. The van der Waals surface area contributed by atoms with Crippen LogP contribution in [-0.2, 0) is 14.3 Å². The molecule has 2 saturated heterocycles. The number of amides is 2. The highest BCUT2D eigenvalue weighted by atomic mass is 16.5. The van der Waals surface area contributed by atoms with Gasteiger partial charge in [0.05, 0.1) is 24.5 Å². The molecule has 3 aliphatic heterocycles. The van der Waals surface area contributed by atoms with Crippen molar-refractivity contribution < 1.29 is 18.7 Å². The summed E-state index contributed by atoms with van der Waals surface area (Å²) in [6.07, 6.45) is 7.88. The van der Waals surface area contributed by atoms with Crippen LogP contribution >= 0.6 is 0 Å². The van der Waals surface area contributed by atoms with E-state index < -0.39 is 23.1 Å². The van der Waals surface area contributed by atoms with Crippen LogP contribution in [0, 0.1) is 18.8 Å². The molecule has 4 heterocycles. The van der Waals surface area contributed by atoms with Crippen molar-refractivity contribution in [2.24, 2.45) is 11.8 Å². The summed E-state index contributed by atoms with van der Waals surface area (Å²) in [4.78, 5) is 40.3. The van der Waals surface area contributed by atoms with E-state index in [9.17, 15) is 14.4 Å². The van der Waals surface area contributed by atoms with Crippen LogP contribution in [0.3, 0.4) is 0 Å². The van der Waals surface area contributed by atoms with Gasteiger partial charge in [-0.15, -0.1) is 0 Å². The number of benzene rings is 1. The van der Waals surface area contributed by atoms with Gasteiger partial charge < -0.3 is 19.4 Å². The molecule has 4 atom stereocenters. The maximum Gasteiger partial charge on any atom is 0.336 e. The van der Waals surface area contributed by atoms with E-state index in [1.165, 1.54) is 6.07 Å². The Labute approximate surface area is 179 Å². The Morgan fingerprint density at radius 1 is 1.19 bits per heavy atom. The highest BCUT2D eigenvalue weighted by Crippen LogP contribution is 2.53. The summed E-state index contributed by atoms with van der Waals surface area (Å²) in [6, 6.07) is 6.97. The highest BCUT2D eigenvalue weighted by molar-refractivity contribution is 6.00. The standard InChI is InChI=1S/C24H24N2O5/c1-13-10-19(27)30-18-11-14(6-7-16(13)18)25-22(28)20-17-8-9-24(31-17)12-26(23(29)21(20)24)15-4-2-3-5-15/h6-11,15,17,20-21H,2-5,12H2,1H3,(H,25,28)/t17-,20-,21+,24-/m0/s1. The summed E-state index contributed by atoms with van der Waals surface area (Å²) >= 11 is 0. The van der Waals surface area contributed by atoms with E-state index in [0.29, 0.717) is 17.8 Å². The monoisotopic (exact) mass is 420 g/mol. The van der Waals surface area contributed by atoms with E-state index in [-0.39, 0.29) is 24.0 Å². The smallest absolute Gasteiger partial charge is 0.336 e. The third kappa shape index (κ3) is 2.72. The number of anilines is 1. The fourth-order valence-electron chi connectivity index (χ4n) is 5.98. The Morgan fingerprint density at radius 2 is 2.00 bits per heavy atom. The molecule has 31 heavy (non-hydrogen) atoms. The molecule has 4 aliphatic rings. The Kier molecular flexibility index (Phi) is 3.96. The molecule has 1 aromatic carbocycles. The van der Waals surface area contributed by atoms with Crippen molar-refractivity contribution in [3.05, 3.63) is 52.4 Å². The fourth-order valence-corrected chi connectivity index (χ4v) is 5.98. The number of nitrogens with one attached hydrogen (secondary N) is 1. The number of ether oxygens (including phenoxy) is 1. The summed E-state index contributed by atoms with van der Waals surface area (Å²) in [6.45, 7) is 2.38. The van der Waals surface area contributed by atoms with Crippen molar-refractivity contribution in [1.29, 1.82) is 0 Å². The van der Waals surface area contributed by atoms with E-state index >= 15 is 0 Å². The Hall–Kier alpha value is -2.93. The minimum absolute atomic E-state index is 0.0408. The second-order valence-electron chi connectivity index (χ2n) is 9.25. The number of nitrogens with zero attached hydrogens (tertiary/aromatic N) is 1. The SMILES string of the molecule is Cc1cc(=O)oc2cc(NC(=O)[C@H]3[C@@H]4C=C[C@@]5(CN(C6CCCC6)C(=O)[C@@H]35)O4)ccc12. The molecule has 7 nitrogen and oxygen atoms in total. The summed E-state index contributed by atoms with van der Waals surface area (Å²) in [5.41, 5.74) is 0.671. The molecular weight excluding hydrogens is 396 g/mol. The van der Waals surface area contributed by atoms with E-state index in [1.54, 1.807) is 12.1 Å². The quantitative estimate of drug-likeness (QED) is 0.609. The van der Waals surface area contributed by atoms with Crippen molar-refractivity contribution in [2.45, 2.75) is 50.4 Å². The average Bonchev–Trinajstić information content (AvgIpc) is 3.49. The number of fused-ring (bicyclic) bond motifs is 2. The number of likely N-dealkylation sites (tertiary alicyclic amines) is 1. The third-order valence-electron chi connectivity index (χ3n) is 7.42. The van der Waals surface area contributed by atoms with Crippen LogP contribution in [0.15, 0.2) is 45.6 Å². The van der Waals surface area contributed by atoms with Crippen LogP contribution in [0.25, 0.3) is 11.0 Å². The van der Waals surface area contributed by atoms with Gasteiger partial charge in [-0.25, -0.2) is 4.79 Å².